The van der Waals surface area contributed by atoms with E-state index in [-0.39, 0.29) is 0 Å². The quantitative estimate of drug-likeness (QED) is 0.734. The minimum atomic E-state index is 0.669. The van der Waals surface area contributed by atoms with Crippen LogP contribution in [-0.2, 0) is 6.54 Å². The van der Waals surface area contributed by atoms with Crippen LogP contribution in [0.25, 0.3) is 0 Å². The summed E-state index contributed by atoms with van der Waals surface area (Å²) in [5.74, 6) is 0.721. The van der Waals surface area contributed by atoms with Gasteiger partial charge in [0.15, 0.2) is 0 Å². The molecule has 0 unspecified atom stereocenters. The molecule has 0 atom stereocenters. The zero-order valence-corrected chi connectivity index (χ0v) is 9.21. The summed E-state index contributed by atoms with van der Waals surface area (Å²) in [6, 6.07) is 0. The third-order valence-electron chi connectivity index (χ3n) is 2.16. The van der Waals surface area contributed by atoms with Gasteiger partial charge in [-0.3, -0.25) is 0 Å². The Bertz CT molecular complexity index is 294. The van der Waals surface area contributed by atoms with Gasteiger partial charge in [0.25, 0.3) is 0 Å². The van der Waals surface area contributed by atoms with Crippen molar-refractivity contribution in [2.45, 2.75) is 40.2 Å². The normalized spacial score (nSPS) is 10.5. The predicted molar refractivity (Wildman–Crippen MR) is 57.5 cm³/mol. The molecule has 1 heterocycles. The van der Waals surface area contributed by atoms with Crippen LogP contribution in [0.1, 0.15) is 32.4 Å². The smallest absolute Gasteiger partial charge is 0.236 e. The maximum Gasteiger partial charge on any atom is 0.236 e. The van der Waals surface area contributed by atoms with E-state index in [0.29, 0.717) is 12.3 Å². The van der Waals surface area contributed by atoms with Crippen LogP contribution in [0.2, 0.25) is 0 Å². The van der Waals surface area contributed by atoms with E-state index < -0.39 is 0 Å². The lowest BCUT2D eigenvalue weighted by Crippen LogP contribution is -2.05. The highest BCUT2D eigenvalue weighted by Gasteiger charge is 2.11. The molecule has 4 heteroatoms. The molecule has 0 radical (unpaired) electrons. The monoisotopic (exact) mass is 197 g/mol. The lowest BCUT2D eigenvalue weighted by atomic mass is 10.3. The third kappa shape index (κ3) is 2.19. The van der Waals surface area contributed by atoms with Gasteiger partial charge in [0.2, 0.25) is 5.88 Å². The first-order chi connectivity index (χ1) is 6.70. The average molecular weight is 197 g/mol. The molecule has 4 nitrogen and oxygen atoms in total. The van der Waals surface area contributed by atoms with Gasteiger partial charge >= 0.3 is 0 Å². The molecule has 0 aliphatic heterocycles. The first kappa shape index (κ1) is 10.9. The zero-order chi connectivity index (χ0) is 10.6. The molecule has 1 aromatic heterocycles. The largest absolute Gasteiger partial charge is 0.476 e. The number of aryl methyl sites for hydroxylation is 2. The summed E-state index contributed by atoms with van der Waals surface area (Å²) in [5, 5.41) is 4.27. The van der Waals surface area contributed by atoms with Gasteiger partial charge in [-0.05, 0) is 20.3 Å². The van der Waals surface area contributed by atoms with Crippen molar-refractivity contribution in [3.63, 3.8) is 0 Å². The summed E-state index contributed by atoms with van der Waals surface area (Å²) in [6.07, 6.45) is 2.17. The van der Waals surface area contributed by atoms with Gasteiger partial charge in [-0.25, -0.2) is 4.68 Å². The van der Waals surface area contributed by atoms with E-state index in [2.05, 4.69) is 12.0 Å². The Balaban J connectivity index is 2.72. The van der Waals surface area contributed by atoms with Crippen LogP contribution in [-0.4, -0.2) is 16.4 Å². The number of nitrogen functional groups attached to an aromatic ring is 1. The van der Waals surface area contributed by atoms with Crippen molar-refractivity contribution < 1.29 is 4.74 Å². The number of rotatable bonds is 5. The fourth-order valence-corrected chi connectivity index (χ4v) is 1.25. The number of aromatic nitrogens is 2. The molecular weight excluding hydrogens is 178 g/mol. The highest BCUT2D eigenvalue weighted by Crippen LogP contribution is 2.24. The molecule has 80 valence electrons. The van der Waals surface area contributed by atoms with Crippen LogP contribution in [0.15, 0.2) is 0 Å². The Morgan fingerprint density at radius 2 is 2.14 bits per heavy atom. The van der Waals surface area contributed by atoms with Crippen molar-refractivity contribution >= 4 is 5.69 Å². The molecule has 0 aromatic carbocycles. The molecular formula is C10H19N3O. The van der Waals surface area contributed by atoms with Gasteiger partial charge in [-0.2, -0.15) is 5.10 Å². The summed E-state index contributed by atoms with van der Waals surface area (Å²) < 4.78 is 7.40. The summed E-state index contributed by atoms with van der Waals surface area (Å²) in [7, 11) is 0. The molecule has 0 bridgehead atoms. The first-order valence-electron chi connectivity index (χ1n) is 5.16. The van der Waals surface area contributed by atoms with Crippen molar-refractivity contribution in [1.82, 2.24) is 9.78 Å². The number of hydrogen-bond donors (Lipinski definition) is 1. The van der Waals surface area contributed by atoms with Crippen LogP contribution in [0.5, 0.6) is 5.88 Å². The number of ether oxygens (including phenoxy) is 1. The van der Waals surface area contributed by atoms with E-state index in [9.17, 15) is 0 Å². The molecule has 0 fully saturated rings. The number of hydrogen-bond acceptors (Lipinski definition) is 3. The average Bonchev–Trinajstić information content (AvgIpc) is 2.45. The highest BCUT2D eigenvalue weighted by atomic mass is 16.5. The Morgan fingerprint density at radius 3 is 2.71 bits per heavy atom. The number of unbranched alkanes of at least 4 members (excludes halogenated alkanes) is 1. The molecule has 0 saturated carbocycles. The zero-order valence-electron chi connectivity index (χ0n) is 9.21. The van der Waals surface area contributed by atoms with Gasteiger partial charge in [0, 0.05) is 6.54 Å². The fraction of sp³-hybridized carbons (Fsp3) is 0.700. The Morgan fingerprint density at radius 1 is 1.43 bits per heavy atom. The Labute approximate surface area is 85.0 Å². The van der Waals surface area contributed by atoms with Crippen LogP contribution < -0.4 is 10.5 Å². The number of nitrogens with two attached hydrogens (primary N) is 1. The summed E-state index contributed by atoms with van der Waals surface area (Å²) in [4.78, 5) is 0. The second kappa shape index (κ2) is 4.88. The molecule has 14 heavy (non-hydrogen) atoms. The minimum Gasteiger partial charge on any atom is -0.476 e. The first-order valence-corrected chi connectivity index (χ1v) is 5.16. The van der Waals surface area contributed by atoms with E-state index in [1.807, 2.05) is 13.8 Å². The number of anilines is 1. The lowest BCUT2D eigenvalue weighted by molar-refractivity contribution is 0.280. The van der Waals surface area contributed by atoms with Gasteiger partial charge in [-0.15, -0.1) is 0 Å². The topological polar surface area (TPSA) is 53.1 Å². The SMILES string of the molecule is CCCCOc1c(N)c(C)nn1CC. The van der Waals surface area contributed by atoms with Crippen molar-refractivity contribution in [1.29, 1.82) is 0 Å². The molecule has 1 aromatic rings. The summed E-state index contributed by atoms with van der Waals surface area (Å²) >= 11 is 0. The van der Waals surface area contributed by atoms with Gasteiger partial charge in [0.1, 0.15) is 5.69 Å². The van der Waals surface area contributed by atoms with Gasteiger partial charge in [-0.1, -0.05) is 13.3 Å². The second-order valence-electron chi connectivity index (χ2n) is 3.32. The molecule has 0 saturated heterocycles. The van der Waals surface area contributed by atoms with Gasteiger partial charge < -0.3 is 10.5 Å². The van der Waals surface area contributed by atoms with E-state index in [4.69, 9.17) is 10.5 Å². The number of nitrogens with zero attached hydrogens (tertiary/aromatic N) is 2. The van der Waals surface area contributed by atoms with E-state index in [1.54, 1.807) is 4.68 Å². The maximum absolute atomic E-state index is 5.85. The van der Waals surface area contributed by atoms with E-state index >= 15 is 0 Å². The Kier molecular flexibility index (Phi) is 3.80. The molecule has 0 aliphatic rings. The molecule has 2 N–H and O–H groups in total. The van der Waals surface area contributed by atoms with E-state index in [1.165, 1.54) is 0 Å². The maximum atomic E-state index is 5.85. The Hall–Kier alpha value is -1.19. The van der Waals surface area contributed by atoms with Crippen molar-refractivity contribution in [2.75, 3.05) is 12.3 Å². The predicted octanol–water partition coefficient (Wildman–Crippen LogP) is 1.97. The van der Waals surface area contributed by atoms with Crippen molar-refractivity contribution in [2.24, 2.45) is 0 Å². The van der Waals surface area contributed by atoms with Crippen LogP contribution in [0.3, 0.4) is 0 Å². The van der Waals surface area contributed by atoms with Crippen LogP contribution in [0, 0.1) is 6.92 Å². The third-order valence-corrected chi connectivity index (χ3v) is 2.16. The molecule has 0 aliphatic carbocycles. The van der Waals surface area contributed by atoms with Crippen molar-refractivity contribution in [3.05, 3.63) is 5.69 Å². The second-order valence-corrected chi connectivity index (χ2v) is 3.32. The summed E-state index contributed by atoms with van der Waals surface area (Å²) in [5.41, 5.74) is 7.37. The summed E-state index contributed by atoms with van der Waals surface area (Å²) in [6.45, 7) is 7.56. The van der Waals surface area contributed by atoms with Gasteiger partial charge in [0.05, 0.1) is 12.3 Å². The fourth-order valence-electron chi connectivity index (χ4n) is 1.25. The van der Waals surface area contributed by atoms with Crippen molar-refractivity contribution in [3.8, 4) is 5.88 Å². The van der Waals surface area contributed by atoms with E-state index in [0.717, 1.165) is 31.0 Å². The molecule has 1 rings (SSSR count). The lowest BCUT2D eigenvalue weighted by Gasteiger charge is -2.07. The molecule has 0 spiro atoms. The minimum absolute atomic E-state index is 0.669. The standard InChI is InChI=1S/C10H19N3O/c1-4-6-7-14-10-9(11)8(3)12-13(10)5-2/h4-7,11H2,1-3H3. The van der Waals surface area contributed by atoms with Crippen LogP contribution >= 0.6 is 0 Å². The highest BCUT2D eigenvalue weighted by molar-refractivity contribution is 5.52. The molecule has 0 amide bonds. The van der Waals surface area contributed by atoms with Crippen LogP contribution in [0.4, 0.5) is 5.69 Å².